The van der Waals surface area contributed by atoms with Gasteiger partial charge in [-0.1, -0.05) is 13.8 Å². The van der Waals surface area contributed by atoms with E-state index in [1.54, 1.807) is 0 Å². The van der Waals surface area contributed by atoms with E-state index < -0.39 is 5.91 Å². The van der Waals surface area contributed by atoms with Crippen LogP contribution in [0.1, 0.15) is 36.4 Å². The lowest BCUT2D eigenvalue weighted by molar-refractivity contribution is 0.100. The van der Waals surface area contributed by atoms with Crippen LogP contribution in [0, 0.1) is 0 Å². The lowest BCUT2D eigenvalue weighted by Gasteiger charge is -2.15. The van der Waals surface area contributed by atoms with Crippen molar-refractivity contribution < 1.29 is 4.79 Å². The third kappa shape index (κ3) is 3.07. The minimum atomic E-state index is -0.458. The first-order chi connectivity index (χ1) is 8.04. The van der Waals surface area contributed by atoms with Gasteiger partial charge in [-0.2, -0.15) is 0 Å². The predicted molar refractivity (Wildman–Crippen MR) is 77.0 cm³/mol. The Morgan fingerprint density at radius 1 is 1.47 bits per heavy atom. The van der Waals surface area contributed by atoms with E-state index in [0.29, 0.717) is 16.6 Å². The number of hydrogen-bond donors (Lipinski definition) is 3. The highest BCUT2D eigenvalue weighted by Crippen LogP contribution is 2.41. The number of nitrogen functional groups attached to an aromatic ring is 1. The number of amides is 1. The molecule has 0 radical (unpaired) electrons. The SMILES string of the molecule is CCC(CC)Nc1sc(C(N)=O)c(N)c1SC. The average Bonchev–Trinajstić information content (AvgIpc) is 2.62. The van der Waals surface area contributed by atoms with E-state index in [4.69, 9.17) is 11.5 Å². The summed E-state index contributed by atoms with van der Waals surface area (Å²) in [6.07, 6.45) is 4.02. The Labute approximate surface area is 110 Å². The van der Waals surface area contributed by atoms with Gasteiger partial charge in [0.1, 0.15) is 9.88 Å². The second-order valence-electron chi connectivity index (χ2n) is 3.73. The Balaban J connectivity index is 3.06. The quantitative estimate of drug-likeness (QED) is 0.696. The summed E-state index contributed by atoms with van der Waals surface area (Å²) in [6.45, 7) is 4.26. The van der Waals surface area contributed by atoms with E-state index in [1.165, 1.54) is 23.1 Å². The van der Waals surface area contributed by atoms with E-state index >= 15 is 0 Å². The molecule has 0 unspecified atom stereocenters. The normalized spacial score (nSPS) is 10.8. The fraction of sp³-hybridized carbons (Fsp3) is 0.545. The van der Waals surface area contributed by atoms with Crippen molar-refractivity contribution in [1.29, 1.82) is 0 Å². The Morgan fingerprint density at radius 3 is 2.47 bits per heavy atom. The van der Waals surface area contributed by atoms with Crippen LogP contribution in [-0.2, 0) is 0 Å². The molecule has 0 aliphatic heterocycles. The summed E-state index contributed by atoms with van der Waals surface area (Å²) in [4.78, 5) is 12.6. The first-order valence-electron chi connectivity index (χ1n) is 5.57. The summed E-state index contributed by atoms with van der Waals surface area (Å²) >= 11 is 2.88. The van der Waals surface area contributed by atoms with E-state index in [1.807, 2.05) is 6.26 Å². The average molecular weight is 273 g/mol. The highest BCUT2D eigenvalue weighted by Gasteiger charge is 2.19. The Kier molecular flexibility index (Phi) is 5.14. The van der Waals surface area contributed by atoms with Crippen molar-refractivity contribution in [2.24, 2.45) is 5.73 Å². The van der Waals surface area contributed by atoms with Crippen molar-refractivity contribution in [1.82, 2.24) is 0 Å². The van der Waals surface area contributed by atoms with Gasteiger partial charge in [0, 0.05) is 6.04 Å². The molecular weight excluding hydrogens is 254 g/mol. The minimum Gasteiger partial charge on any atom is -0.396 e. The molecule has 0 spiro atoms. The minimum absolute atomic E-state index is 0.402. The molecule has 1 aromatic heterocycles. The molecule has 0 fully saturated rings. The van der Waals surface area contributed by atoms with Crippen LogP contribution in [0.15, 0.2) is 4.90 Å². The van der Waals surface area contributed by atoms with Crippen LogP contribution in [0.25, 0.3) is 0 Å². The van der Waals surface area contributed by atoms with E-state index in [-0.39, 0.29) is 0 Å². The van der Waals surface area contributed by atoms with Gasteiger partial charge in [0.15, 0.2) is 0 Å². The summed E-state index contributed by atoms with van der Waals surface area (Å²) in [6, 6.07) is 0.402. The first-order valence-corrected chi connectivity index (χ1v) is 7.61. The van der Waals surface area contributed by atoms with Gasteiger partial charge in [-0.05, 0) is 19.1 Å². The Hall–Kier alpha value is -0.880. The van der Waals surface area contributed by atoms with Crippen molar-refractivity contribution in [3.63, 3.8) is 0 Å². The fourth-order valence-electron chi connectivity index (χ4n) is 1.59. The molecule has 0 saturated carbocycles. The van der Waals surface area contributed by atoms with Crippen LogP contribution in [-0.4, -0.2) is 18.2 Å². The van der Waals surface area contributed by atoms with Gasteiger partial charge in [-0.15, -0.1) is 23.1 Å². The number of thioether (sulfide) groups is 1. The number of rotatable bonds is 6. The van der Waals surface area contributed by atoms with Gasteiger partial charge < -0.3 is 16.8 Å². The zero-order valence-electron chi connectivity index (χ0n) is 10.4. The van der Waals surface area contributed by atoms with E-state index in [0.717, 1.165) is 22.7 Å². The molecule has 0 saturated heterocycles. The van der Waals surface area contributed by atoms with Gasteiger partial charge in [-0.3, -0.25) is 4.79 Å². The summed E-state index contributed by atoms with van der Waals surface area (Å²) in [5, 5.41) is 4.38. The molecule has 0 aromatic carbocycles. The largest absolute Gasteiger partial charge is 0.396 e. The predicted octanol–water partition coefficient (Wildman–Crippen LogP) is 2.75. The highest BCUT2D eigenvalue weighted by atomic mass is 32.2. The van der Waals surface area contributed by atoms with Crippen LogP contribution in [0.4, 0.5) is 10.7 Å². The highest BCUT2D eigenvalue weighted by molar-refractivity contribution is 7.99. The van der Waals surface area contributed by atoms with Gasteiger partial charge >= 0.3 is 0 Å². The zero-order chi connectivity index (χ0) is 13.0. The maximum Gasteiger partial charge on any atom is 0.261 e. The molecule has 6 heteroatoms. The number of hydrogen-bond acceptors (Lipinski definition) is 5. The lowest BCUT2D eigenvalue weighted by Crippen LogP contribution is -2.16. The molecular formula is C11H19N3OS2. The maximum atomic E-state index is 11.2. The van der Waals surface area contributed by atoms with E-state index in [2.05, 4.69) is 19.2 Å². The number of primary amides is 1. The van der Waals surface area contributed by atoms with E-state index in [9.17, 15) is 4.79 Å². The van der Waals surface area contributed by atoms with Crippen LogP contribution in [0.3, 0.4) is 0 Å². The van der Waals surface area contributed by atoms with Crippen LogP contribution >= 0.6 is 23.1 Å². The molecule has 0 aliphatic rings. The molecule has 1 rings (SSSR count). The second kappa shape index (κ2) is 6.16. The molecule has 1 heterocycles. The molecule has 4 nitrogen and oxygen atoms in total. The molecule has 96 valence electrons. The van der Waals surface area contributed by atoms with Crippen molar-refractivity contribution in [3.8, 4) is 0 Å². The fourth-order valence-corrected chi connectivity index (χ4v) is 3.54. The third-order valence-electron chi connectivity index (χ3n) is 2.65. The van der Waals surface area contributed by atoms with Gasteiger partial charge in [-0.25, -0.2) is 0 Å². The Bertz CT molecular complexity index is 400. The number of nitrogens with two attached hydrogens (primary N) is 2. The number of nitrogens with one attached hydrogen (secondary N) is 1. The third-order valence-corrected chi connectivity index (χ3v) is 4.76. The standard InChI is InChI=1S/C11H19N3OS2/c1-4-6(5-2)14-11-9(16-3)7(12)8(17-11)10(13)15/h6,14H,4-5,12H2,1-3H3,(H2,13,15). The first kappa shape index (κ1) is 14.2. The number of carbonyl (C=O) groups excluding carboxylic acids is 1. The van der Waals surface area contributed by atoms with Crippen LogP contribution in [0.5, 0.6) is 0 Å². The lowest BCUT2D eigenvalue weighted by atomic mass is 10.2. The second-order valence-corrected chi connectivity index (χ2v) is 5.57. The number of anilines is 2. The molecule has 1 amide bonds. The maximum absolute atomic E-state index is 11.2. The monoisotopic (exact) mass is 273 g/mol. The summed E-state index contributed by atoms with van der Waals surface area (Å²) in [5.74, 6) is -0.458. The molecule has 0 aliphatic carbocycles. The van der Waals surface area contributed by atoms with Crippen LogP contribution in [0.2, 0.25) is 0 Å². The van der Waals surface area contributed by atoms with Crippen molar-refractivity contribution in [3.05, 3.63) is 4.88 Å². The molecule has 0 atom stereocenters. The van der Waals surface area contributed by atoms with Crippen molar-refractivity contribution >= 4 is 39.7 Å². The van der Waals surface area contributed by atoms with Crippen LogP contribution < -0.4 is 16.8 Å². The molecule has 1 aromatic rings. The molecule has 17 heavy (non-hydrogen) atoms. The number of thiophene rings is 1. The summed E-state index contributed by atoms with van der Waals surface area (Å²) < 4.78 is 0. The van der Waals surface area contributed by atoms with Gasteiger partial charge in [0.05, 0.1) is 10.6 Å². The summed E-state index contributed by atoms with van der Waals surface area (Å²) in [7, 11) is 0. The number of carbonyl (C=O) groups is 1. The molecule has 5 N–H and O–H groups in total. The Morgan fingerprint density at radius 2 is 2.06 bits per heavy atom. The molecule has 0 bridgehead atoms. The zero-order valence-corrected chi connectivity index (χ0v) is 12.0. The van der Waals surface area contributed by atoms with Gasteiger partial charge in [0.25, 0.3) is 5.91 Å². The smallest absolute Gasteiger partial charge is 0.261 e. The topological polar surface area (TPSA) is 81.1 Å². The van der Waals surface area contributed by atoms with Gasteiger partial charge in [0.2, 0.25) is 0 Å². The van der Waals surface area contributed by atoms with Crippen molar-refractivity contribution in [2.75, 3.05) is 17.3 Å². The summed E-state index contributed by atoms with van der Waals surface area (Å²) in [5.41, 5.74) is 11.7. The van der Waals surface area contributed by atoms with Crippen molar-refractivity contribution in [2.45, 2.75) is 37.6 Å².